The topological polar surface area (TPSA) is 78.0 Å². The second kappa shape index (κ2) is 4.39. The third-order valence-corrected chi connectivity index (χ3v) is 3.81. The number of nitrogens with two attached hydrogens (primary N) is 1. The van der Waals surface area contributed by atoms with Gasteiger partial charge in [0, 0.05) is 6.07 Å². The van der Waals surface area contributed by atoms with Crippen molar-refractivity contribution in [3.8, 4) is 5.69 Å². The maximum absolute atomic E-state index is 13.7. The lowest BCUT2D eigenvalue weighted by molar-refractivity contribution is 0.571. The smallest absolute Gasteiger partial charge is 0.233 e. The molecule has 0 bridgehead atoms. The van der Waals surface area contributed by atoms with Gasteiger partial charge in [-0.05, 0) is 26.0 Å². The van der Waals surface area contributed by atoms with Crippen molar-refractivity contribution in [1.82, 2.24) is 9.78 Å². The van der Waals surface area contributed by atoms with Crippen LogP contribution in [0.5, 0.6) is 0 Å². The Labute approximate surface area is 108 Å². The lowest BCUT2D eigenvalue weighted by atomic mass is 10.3. The summed E-state index contributed by atoms with van der Waals surface area (Å²) in [5, 5.41) is 9.01. The molecule has 0 spiro atoms. The fourth-order valence-electron chi connectivity index (χ4n) is 1.93. The van der Waals surface area contributed by atoms with Gasteiger partial charge in [-0.2, -0.15) is 5.10 Å². The summed E-state index contributed by atoms with van der Waals surface area (Å²) in [4.78, 5) is -0.156. The van der Waals surface area contributed by atoms with Crippen LogP contribution in [0.3, 0.4) is 0 Å². The summed E-state index contributed by atoms with van der Waals surface area (Å²) in [6.07, 6.45) is 0. The number of benzene rings is 1. The van der Waals surface area contributed by atoms with Crippen LogP contribution in [0.15, 0.2) is 23.1 Å². The van der Waals surface area contributed by atoms with Crippen molar-refractivity contribution in [3.05, 3.63) is 41.2 Å². The molecular weight excluding hydrogens is 276 g/mol. The van der Waals surface area contributed by atoms with Gasteiger partial charge in [-0.25, -0.2) is 27.0 Å². The van der Waals surface area contributed by atoms with E-state index in [0.717, 1.165) is 10.7 Å². The zero-order valence-corrected chi connectivity index (χ0v) is 11.0. The van der Waals surface area contributed by atoms with E-state index < -0.39 is 21.7 Å². The Balaban J connectivity index is 2.72. The van der Waals surface area contributed by atoms with Crippen LogP contribution in [0.4, 0.5) is 8.78 Å². The monoisotopic (exact) mass is 287 g/mol. The van der Waals surface area contributed by atoms with Gasteiger partial charge in [-0.3, -0.25) is 0 Å². The molecule has 0 unspecified atom stereocenters. The Morgan fingerprint density at radius 2 is 1.89 bits per heavy atom. The highest BCUT2D eigenvalue weighted by atomic mass is 32.2. The van der Waals surface area contributed by atoms with Crippen LogP contribution < -0.4 is 5.14 Å². The molecule has 2 N–H and O–H groups in total. The molecule has 0 fully saturated rings. The van der Waals surface area contributed by atoms with E-state index >= 15 is 0 Å². The number of rotatable bonds is 2. The Hall–Kier alpha value is -1.80. The van der Waals surface area contributed by atoms with E-state index in [1.165, 1.54) is 19.9 Å². The Bertz CT molecular complexity index is 754. The standard InChI is InChI=1S/C11H11F2N3O2S/c1-6-11(19(14,17)18)7(2)16(15-6)10-4-3-8(12)5-9(10)13/h3-5H,1-2H3,(H2,14,17,18). The zero-order valence-electron chi connectivity index (χ0n) is 10.2. The van der Waals surface area contributed by atoms with E-state index in [4.69, 9.17) is 5.14 Å². The van der Waals surface area contributed by atoms with Gasteiger partial charge < -0.3 is 0 Å². The lowest BCUT2D eigenvalue weighted by Gasteiger charge is -2.06. The molecule has 0 amide bonds. The molecule has 0 saturated heterocycles. The summed E-state index contributed by atoms with van der Waals surface area (Å²) in [5.74, 6) is -1.57. The number of aromatic nitrogens is 2. The summed E-state index contributed by atoms with van der Waals surface area (Å²) in [6, 6.07) is 2.94. The molecule has 8 heteroatoms. The summed E-state index contributed by atoms with van der Waals surface area (Å²) in [7, 11) is -3.95. The van der Waals surface area contributed by atoms with Crippen molar-refractivity contribution < 1.29 is 17.2 Å². The van der Waals surface area contributed by atoms with Crippen LogP contribution in [0.2, 0.25) is 0 Å². The minimum atomic E-state index is -3.95. The molecule has 1 aromatic carbocycles. The summed E-state index contributed by atoms with van der Waals surface area (Å²) in [5.41, 5.74) is 0.283. The molecule has 0 radical (unpaired) electrons. The maximum Gasteiger partial charge on any atom is 0.241 e. The van der Waals surface area contributed by atoms with Gasteiger partial charge in [0.2, 0.25) is 10.0 Å². The highest BCUT2D eigenvalue weighted by molar-refractivity contribution is 7.89. The van der Waals surface area contributed by atoms with Crippen molar-refractivity contribution in [2.75, 3.05) is 0 Å². The molecule has 5 nitrogen and oxygen atoms in total. The van der Waals surface area contributed by atoms with Crippen molar-refractivity contribution in [2.24, 2.45) is 5.14 Å². The van der Waals surface area contributed by atoms with Gasteiger partial charge in [0.25, 0.3) is 0 Å². The molecular formula is C11H11F2N3O2S. The van der Waals surface area contributed by atoms with Gasteiger partial charge in [0.05, 0.1) is 11.4 Å². The van der Waals surface area contributed by atoms with Gasteiger partial charge >= 0.3 is 0 Å². The molecule has 0 atom stereocenters. The van der Waals surface area contributed by atoms with Crippen LogP contribution in [-0.2, 0) is 10.0 Å². The van der Waals surface area contributed by atoms with Crippen molar-refractivity contribution in [2.45, 2.75) is 18.7 Å². The Morgan fingerprint density at radius 3 is 2.37 bits per heavy atom. The van der Waals surface area contributed by atoms with E-state index in [0.29, 0.717) is 6.07 Å². The van der Waals surface area contributed by atoms with Crippen molar-refractivity contribution in [3.63, 3.8) is 0 Å². The van der Waals surface area contributed by atoms with Gasteiger partial charge in [0.1, 0.15) is 16.4 Å². The molecule has 0 saturated carbocycles. The highest BCUT2D eigenvalue weighted by Crippen LogP contribution is 2.23. The number of sulfonamides is 1. The predicted octanol–water partition coefficient (Wildman–Crippen LogP) is 1.41. The molecule has 2 rings (SSSR count). The fraction of sp³-hybridized carbons (Fsp3) is 0.182. The van der Waals surface area contributed by atoms with Gasteiger partial charge in [-0.1, -0.05) is 0 Å². The maximum atomic E-state index is 13.7. The average molecular weight is 287 g/mol. The van der Waals surface area contributed by atoms with Gasteiger partial charge in [-0.15, -0.1) is 0 Å². The van der Waals surface area contributed by atoms with E-state index in [1.807, 2.05) is 0 Å². The molecule has 0 aliphatic heterocycles. The lowest BCUT2D eigenvalue weighted by Crippen LogP contribution is -2.14. The Morgan fingerprint density at radius 1 is 1.26 bits per heavy atom. The minimum Gasteiger partial charge on any atom is -0.233 e. The number of halogens is 2. The highest BCUT2D eigenvalue weighted by Gasteiger charge is 2.22. The largest absolute Gasteiger partial charge is 0.241 e. The minimum absolute atomic E-state index is 0.0445. The average Bonchev–Trinajstić information content (AvgIpc) is 2.53. The summed E-state index contributed by atoms with van der Waals surface area (Å²) < 4.78 is 50.5. The molecule has 1 aromatic heterocycles. The van der Waals surface area contributed by atoms with Crippen LogP contribution >= 0.6 is 0 Å². The quantitative estimate of drug-likeness (QED) is 0.907. The second-order valence-electron chi connectivity index (χ2n) is 4.05. The molecule has 102 valence electrons. The number of primary sulfonamides is 1. The number of hydrogen-bond acceptors (Lipinski definition) is 3. The van der Waals surface area contributed by atoms with Crippen LogP contribution in [0, 0.1) is 25.5 Å². The molecule has 1 heterocycles. The van der Waals surface area contributed by atoms with Crippen LogP contribution in [-0.4, -0.2) is 18.2 Å². The second-order valence-corrected chi connectivity index (χ2v) is 5.55. The normalized spacial score (nSPS) is 11.8. The summed E-state index contributed by atoms with van der Waals surface area (Å²) in [6.45, 7) is 2.90. The third kappa shape index (κ3) is 2.36. The fourth-order valence-corrected chi connectivity index (χ4v) is 2.88. The predicted molar refractivity (Wildman–Crippen MR) is 64.3 cm³/mol. The molecule has 0 aliphatic carbocycles. The van der Waals surface area contributed by atoms with Crippen molar-refractivity contribution in [1.29, 1.82) is 0 Å². The van der Waals surface area contributed by atoms with E-state index in [-0.39, 0.29) is 22.0 Å². The first-order chi connectivity index (χ1) is 8.71. The zero-order chi connectivity index (χ0) is 14.4. The van der Waals surface area contributed by atoms with E-state index in [2.05, 4.69) is 5.10 Å². The van der Waals surface area contributed by atoms with E-state index in [1.54, 1.807) is 0 Å². The van der Waals surface area contributed by atoms with Crippen LogP contribution in [0.25, 0.3) is 5.69 Å². The molecule has 0 aliphatic rings. The first-order valence-corrected chi connectivity index (χ1v) is 6.81. The first kappa shape index (κ1) is 13.6. The van der Waals surface area contributed by atoms with Crippen LogP contribution in [0.1, 0.15) is 11.4 Å². The van der Waals surface area contributed by atoms with Gasteiger partial charge in [0.15, 0.2) is 5.82 Å². The first-order valence-electron chi connectivity index (χ1n) is 5.26. The van der Waals surface area contributed by atoms with Crippen molar-refractivity contribution >= 4 is 10.0 Å². The molecule has 2 aromatic rings. The molecule has 19 heavy (non-hydrogen) atoms. The van der Waals surface area contributed by atoms with E-state index in [9.17, 15) is 17.2 Å². The third-order valence-electron chi connectivity index (χ3n) is 2.65. The number of hydrogen-bond donors (Lipinski definition) is 1. The number of aryl methyl sites for hydroxylation is 1. The number of nitrogens with zero attached hydrogens (tertiary/aromatic N) is 2. The SMILES string of the molecule is Cc1nn(-c2ccc(F)cc2F)c(C)c1S(N)(=O)=O. The Kier molecular flexibility index (Phi) is 3.15. The summed E-state index contributed by atoms with van der Waals surface area (Å²) >= 11 is 0.